The van der Waals surface area contributed by atoms with E-state index in [2.05, 4.69) is 17.6 Å². The topological polar surface area (TPSA) is 41.1 Å². The van der Waals surface area contributed by atoms with E-state index in [-0.39, 0.29) is 0 Å². The van der Waals surface area contributed by atoms with Gasteiger partial charge in [0, 0.05) is 18.5 Å². The molecule has 1 heterocycles. The number of carbonyl (C=O) groups is 1. The summed E-state index contributed by atoms with van der Waals surface area (Å²) in [5.41, 5.74) is 0. The number of nitrogens with one attached hydrogen (secondary N) is 2. The van der Waals surface area contributed by atoms with Gasteiger partial charge in [-0.15, -0.1) is 0 Å². The lowest BCUT2D eigenvalue weighted by Crippen LogP contribution is -2.49. The molecular weight excluding hydrogens is 224 g/mol. The smallest absolute Gasteiger partial charge is 0.223 e. The van der Waals surface area contributed by atoms with E-state index >= 15 is 0 Å². The zero-order valence-electron chi connectivity index (χ0n) is 11.7. The lowest BCUT2D eigenvalue weighted by Gasteiger charge is -2.32. The zero-order chi connectivity index (χ0) is 12.8. The molecule has 2 N–H and O–H groups in total. The van der Waals surface area contributed by atoms with E-state index in [1.54, 1.807) is 0 Å². The van der Waals surface area contributed by atoms with Crippen LogP contribution >= 0.6 is 0 Å². The van der Waals surface area contributed by atoms with Crippen molar-refractivity contribution < 1.29 is 4.79 Å². The molecule has 0 spiro atoms. The lowest BCUT2D eigenvalue weighted by molar-refractivity contribution is -0.126. The fourth-order valence-electron chi connectivity index (χ4n) is 3.47. The second-order valence-corrected chi connectivity index (χ2v) is 5.95. The van der Waals surface area contributed by atoms with Crippen molar-refractivity contribution in [3.05, 3.63) is 0 Å². The van der Waals surface area contributed by atoms with Gasteiger partial charge in [0.2, 0.25) is 5.91 Å². The Morgan fingerprint density at radius 3 is 2.67 bits per heavy atom. The maximum absolute atomic E-state index is 12.1. The minimum Gasteiger partial charge on any atom is -0.354 e. The van der Waals surface area contributed by atoms with Crippen molar-refractivity contribution in [1.82, 2.24) is 10.6 Å². The molecule has 0 aromatic rings. The summed E-state index contributed by atoms with van der Waals surface area (Å²) in [4.78, 5) is 12.1. The molecule has 0 aromatic heterocycles. The molecule has 1 amide bonds. The van der Waals surface area contributed by atoms with Crippen LogP contribution < -0.4 is 10.6 Å². The third-order valence-electron chi connectivity index (χ3n) is 4.72. The molecule has 2 atom stereocenters. The second kappa shape index (κ2) is 7.13. The van der Waals surface area contributed by atoms with Crippen LogP contribution in [0.2, 0.25) is 0 Å². The van der Waals surface area contributed by atoms with E-state index in [0.717, 1.165) is 31.8 Å². The Morgan fingerprint density at radius 2 is 1.94 bits per heavy atom. The van der Waals surface area contributed by atoms with Gasteiger partial charge in [0.05, 0.1) is 0 Å². The molecule has 0 aromatic carbocycles. The van der Waals surface area contributed by atoms with Gasteiger partial charge in [0.15, 0.2) is 0 Å². The number of amides is 1. The molecule has 0 bridgehead atoms. The summed E-state index contributed by atoms with van der Waals surface area (Å²) in [5, 5.41) is 6.75. The predicted octanol–water partition coefficient (Wildman–Crippen LogP) is 2.46. The van der Waals surface area contributed by atoms with Crippen molar-refractivity contribution in [3.8, 4) is 0 Å². The van der Waals surface area contributed by atoms with Crippen LogP contribution in [0.1, 0.15) is 58.3 Å². The summed E-state index contributed by atoms with van der Waals surface area (Å²) in [7, 11) is 0. The normalized spacial score (nSPS) is 30.1. The third-order valence-corrected chi connectivity index (χ3v) is 4.72. The Morgan fingerprint density at radius 1 is 1.17 bits per heavy atom. The summed E-state index contributed by atoms with van der Waals surface area (Å²) < 4.78 is 0. The molecule has 3 nitrogen and oxygen atoms in total. The molecule has 3 heteroatoms. The van der Waals surface area contributed by atoms with Crippen LogP contribution in [0.25, 0.3) is 0 Å². The van der Waals surface area contributed by atoms with Crippen LogP contribution in [0.4, 0.5) is 0 Å². The zero-order valence-corrected chi connectivity index (χ0v) is 11.7. The molecule has 0 radical (unpaired) electrons. The minimum absolute atomic E-state index is 0.294. The summed E-state index contributed by atoms with van der Waals surface area (Å²) in [6.45, 7) is 4.20. The number of rotatable bonds is 4. The van der Waals surface area contributed by atoms with Gasteiger partial charge in [0.25, 0.3) is 0 Å². The third kappa shape index (κ3) is 3.71. The van der Waals surface area contributed by atoms with Gasteiger partial charge < -0.3 is 10.6 Å². The average molecular weight is 252 g/mol. The Hall–Kier alpha value is -0.570. The summed E-state index contributed by atoms with van der Waals surface area (Å²) in [5.74, 6) is 1.34. The second-order valence-electron chi connectivity index (χ2n) is 5.95. The number of hydrogen-bond donors (Lipinski definition) is 2. The average Bonchev–Trinajstić information content (AvgIpc) is 2.46. The molecule has 1 saturated carbocycles. The Labute approximate surface area is 111 Å². The molecule has 2 fully saturated rings. The monoisotopic (exact) mass is 252 g/mol. The molecule has 2 unspecified atom stereocenters. The van der Waals surface area contributed by atoms with E-state index in [4.69, 9.17) is 0 Å². The molecule has 1 aliphatic heterocycles. The lowest BCUT2D eigenvalue weighted by atomic mass is 9.87. The van der Waals surface area contributed by atoms with Gasteiger partial charge in [-0.05, 0) is 38.1 Å². The largest absolute Gasteiger partial charge is 0.354 e. The van der Waals surface area contributed by atoms with Gasteiger partial charge in [-0.2, -0.15) is 0 Å². The van der Waals surface area contributed by atoms with Crippen molar-refractivity contribution in [2.24, 2.45) is 11.8 Å². The van der Waals surface area contributed by atoms with Gasteiger partial charge in [-0.25, -0.2) is 0 Å². The van der Waals surface area contributed by atoms with E-state index in [9.17, 15) is 4.79 Å². The van der Waals surface area contributed by atoms with Crippen molar-refractivity contribution in [1.29, 1.82) is 0 Å². The molecule has 1 aliphatic carbocycles. The van der Waals surface area contributed by atoms with E-state index in [1.807, 2.05) is 0 Å². The van der Waals surface area contributed by atoms with Gasteiger partial charge in [-0.1, -0.05) is 32.6 Å². The van der Waals surface area contributed by atoms with Crippen LogP contribution in [0, 0.1) is 11.8 Å². The maximum atomic E-state index is 12.1. The highest BCUT2D eigenvalue weighted by molar-refractivity contribution is 5.78. The Balaban J connectivity index is 1.73. The minimum atomic E-state index is 0.294. The number of piperidine rings is 1. The van der Waals surface area contributed by atoms with E-state index in [0.29, 0.717) is 17.9 Å². The van der Waals surface area contributed by atoms with Gasteiger partial charge >= 0.3 is 0 Å². The van der Waals surface area contributed by atoms with Crippen LogP contribution in [0.5, 0.6) is 0 Å². The van der Waals surface area contributed by atoms with Crippen molar-refractivity contribution in [3.63, 3.8) is 0 Å². The first-order chi connectivity index (χ1) is 8.81. The summed E-state index contributed by atoms with van der Waals surface area (Å²) in [6.07, 6.45) is 9.79. The van der Waals surface area contributed by atoms with Gasteiger partial charge in [0.1, 0.15) is 0 Å². The van der Waals surface area contributed by atoms with Crippen LogP contribution in [-0.4, -0.2) is 25.0 Å². The highest BCUT2D eigenvalue weighted by atomic mass is 16.1. The fraction of sp³-hybridized carbons (Fsp3) is 0.933. The van der Waals surface area contributed by atoms with Crippen molar-refractivity contribution in [2.75, 3.05) is 13.1 Å². The number of hydrogen-bond acceptors (Lipinski definition) is 2. The molecule has 2 rings (SSSR count). The Kier molecular flexibility index (Phi) is 5.48. The SMILES string of the molecule is CCC1CCCNC1CNC(=O)C1CCCCC1. The summed E-state index contributed by atoms with van der Waals surface area (Å²) >= 11 is 0. The van der Waals surface area contributed by atoms with Crippen molar-refractivity contribution in [2.45, 2.75) is 64.3 Å². The highest BCUT2D eigenvalue weighted by Crippen LogP contribution is 2.24. The first-order valence-electron chi connectivity index (χ1n) is 7.82. The fourth-order valence-corrected chi connectivity index (χ4v) is 3.47. The van der Waals surface area contributed by atoms with Crippen molar-refractivity contribution >= 4 is 5.91 Å². The van der Waals surface area contributed by atoms with Crippen LogP contribution in [0.15, 0.2) is 0 Å². The Bertz CT molecular complexity index is 261. The number of carbonyl (C=O) groups excluding carboxylic acids is 1. The quantitative estimate of drug-likeness (QED) is 0.807. The van der Waals surface area contributed by atoms with E-state index in [1.165, 1.54) is 38.5 Å². The van der Waals surface area contributed by atoms with Gasteiger partial charge in [-0.3, -0.25) is 4.79 Å². The highest BCUT2D eigenvalue weighted by Gasteiger charge is 2.25. The first-order valence-corrected chi connectivity index (χ1v) is 7.82. The maximum Gasteiger partial charge on any atom is 0.223 e. The molecule has 104 valence electrons. The first kappa shape index (κ1) is 13.9. The van der Waals surface area contributed by atoms with Crippen LogP contribution in [0.3, 0.4) is 0 Å². The summed E-state index contributed by atoms with van der Waals surface area (Å²) in [6, 6.07) is 0.497. The molecule has 18 heavy (non-hydrogen) atoms. The molecule has 1 saturated heterocycles. The molecular formula is C15H28N2O. The molecule has 2 aliphatic rings. The predicted molar refractivity (Wildman–Crippen MR) is 74.4 cm³/mol. The van der Waals surface area contributed by atoms with E-state index < -0.39 is 0 Å². The standard InChI is InChI=1S/C15H28N2O/c1-2-12-9-6-10-16-14(12)11-17-15(18)13-7-4-3-5-8-13/h12-14,16H,2-11H2,1H3,(H,17,18). The van der Waals surface area contributed by atoms with Crippen LogP contribution in [-0.2, 0) is 4.79 Å².